The second-order valence-corrected chi connectivity index (χ2v) is 7.59. The molecule has 146 valence electrons. The predicted molar refractivity (Wildman–Crippen MR) is 107 cm³/mol. The Labute approximate surface area is 163 Å². The van der Waals surface area contributed by atoms with Crippen molar-refractivity contribution in [2.75, 3.05) is 31.6 Å². The summed E-state index contributed by atoms with van der Waals surface area (Å²) in [6, 6.07) is 7.53. The van der Waals surface area contributed by atoms with Gasteiger partial charge in [-0.25, -0.2) is 4.98 Å². The molecule has 1 amide bonds. The van der Waals surface area contributed by atoms with E-state index >= 15 is 0 Å². The van der Waals surface area contributed by atoms with Crippen molar-refractivity contribution in [3.8, 4) is 5.75 Å². The number of rotatable bonds is 9. The van der Waals surface area contributed by atoms with E-state index in [0.717, 1.165) is 18.8 Å². The summed E-state index contributed by atoms with van der Waals surface area (Å²) in [5, 5.41) is 16.0. The summed E-state index contributed by atoms with van der Waals surface area (Å²) in [7, 11) is 0. The molecule has 1 fully saturated rings. The summed E-state index contributed by atoms with van der Waals surface area (Å²) in [6.07, 6.45) is 3.27. The highest BCUT2D eigenvalue weighted by Gasteiger charge is 2.16. The van der Waals surface area contributed by atoms with E-state index in [1.165, 1.54) is 30.6 Å². The standard InChI is InChI=1S/C19H26N4O3S/c20-18(25)10-14-13-27-19(21-14)22-16-6-2-3-7-17(16)26-12-15(24)11-23-8-4-1-5-9-23/h2-3,6-7,13,15,24H,1,4-5,8-12H2,(H2,20,25)(H,21,22). The fourth-order valence-corrected chi connectivity index (χ4v) is 3.84. The number of aliphatic hydroxyl groups is 1. The molecule has 4 N–H and O–H groups in total. The first-order valence-corrected chi connectivity index (χ1v) is 10.1. The quantitative estimate of drug-likeness (QED) is 0.606. The molecule has 0 aliphatic carbocycles. The minimum atomic E-state index is -0.529. The zero-order valence-corrected chi connectivity index (χ0v) is 16.1. The fourth-order valence-electron chi connectivity index (χ4n) is 3.11. The number of amides is 1. The molecule has 0 saturated carbocycles. The normalized spacial score (nSPS) is 16.0. The van der Waals surface area contributed by atoms with Gasteiger partial charge in [-0.1, -0.05) is 18.6 Å². The van der Waals surface area contributed by atoms with Crippen molar-refractivity contribution in [1.82, 2.24) is 9.88 Å². The molecule has 1 unspecified atom stereocenters. The topological polar surface area (TPSA) is 101 Å². The van der Waals surface area contributed by atoms with Crippen LogP contribution in [0.15, 0.2) is 29.6 Å². The van der Waals surface area contributed by atoms with Crippen LogP contribution in [-0.4, -0.2) is 53.2 Å². The Morgan fingerprint density at radius 1 is 1.33 bits per heavy atom. The maximum absolute atomic E-state index is 11.0. The first kappa shape index (κ1) is 19.6. The lowest BCUT2D eigenvalue weighted by Gasteiger charge is -2.28. The van der Waals surface area contributed by atoms with Gasteiger partial charge in [0.2, 0.25) is 5.91 Å². The van der Waals surface area contributed by atoms with Gasteiger partial charge >= 0.3 is 0 Å². The van der Waals surface area contributed by atoms with Crippen molar-refractivity contribution >= 4 is 28.1 Å². The van der Waals surface area contributed by atoms with E-state index in [2.05, 4.69) is 15.2 Å². The number of carbonyl (C=O) groups excluding carboxylic acids is 1. The zero-order valence-electron chi connectivity index (χ0n) is 15.3. The fraction of sp³-hybridized carbons (Fsp3) is 0.474. The number of ether oxygens (including phenoxy) is 1. The lowest BCUT2D eigenvalue weighted by atomic mass is 10.1. The van der Waals surface area contributed by atoms with Crippen LogP contribution in [0.4, 0.5) is 10.8 Å². The van der Waals surface area contributed by atoms with Crippen LogP contribution in [0.2, 0.25) is 0 Å². The van der Waals surface area contributed by atoms with E-state index in [1.54, 1.807) is 5.38 Å². The lowest BCUT2D eigenvalue weighted by Crippen LogP contribution is -2.38. The Morgan fingerprint density at radius 3 is 2.89 bits per heavy atom. The van der Waals surface area contributed by atoms with Crippen molar-refractivity contribution < 1.29 is 14.6 Å². The SMILES string of the molecule is NC(=O)Cc1csc(Nc2ccccc2OCC(O)CN2CCCCC2)n1. The summed E-state index contributed by atoms with van der Waals surface area (Å²) in [4.78, 5) is 17.6. The summed E-state index contributed by atoms with van der Waals surface area (Å²) in [5.41, 5.74) is 6.61. The number of primary amides is 1. The van der Waals surface area contributed by atoms with Crippen molar-refractivity contribution in [2.45, 2.75) is 31.8 Å². The van der Waals surface area contributed by atoms with Crippen molar-refractivity contribution in [1.29, 1.82) is 0 Å². The number of anilines is 2. The van der Waals surface area contributed by atoms with Gasteiger partial charge in [0, 0.05) is 11.9 Å². The smallest absolute Gasteiger partial charge is 0.223 e. The molecule has 7 nitrogen and oxygen atoms in total. The van der Waals surface area contributed by atoms with Crippen LogP contribution in [0.3, 0.4) is 0 Å². The third-order valence-electron chi connectivity index (χ3n) is 4.38. The predicted octanol–water partition coefficient (Wildman–Crippen LogP) is 2.14. The number of benzene rings is 1. The van der Waals surface area contributed by atoms with Gasteiger partial charge in [-0.05, 0) is 38.1 Å². The van der Waals surface area contributed by atoms with Crippen LogP contribution in [0.25, 0.3) is 0 Å². The number of hydrogen-bond acceptors (Lipinski definition) is 7. The Morgan fingerprint density at radius 2 is 2.11 bits per heavy atom. The van der Waals surface area contributed by atoms with Crippen LogP contribution >= 0.6 is 11.3 Å². The Bertz CT molecular complexity index is 746. The minimum Gasteiger partial charge on any atom is -0.489 e. The first-order chi connectivity index (χ1) is 13.1. The Hall–Kier alpha value is -2.16. The first-order valence-electron chi connectivity index (χ1n) is 9.22. The number of piperidine rings is 1. The second kappa shape index (κ2) is 9.68. The maximum Gasteiger partial charge on any atom is 0.223 e. The Kier molecular flexibility index (Phi) is 7.03. The van der Waals surface area contributed by atoms with Crippen LogP contribution in [0, 0.1) is 0 Å². The lowest BCUT2D eigenvalue weighted by molar-refractivity contribution is -0.117. The maximum atomic E-state index is 11.0. The summed E-state index contributed by atoms with van der Waals surface area (Å²) >= 11 is 1.40. The molecule has 0 spiro atoms. The van der Waals surface area contributed by atoms with E-state index < -0.39 is 12.0 Å². The molecule has 0 bridgehead atoms. The summed E-state index contributed by atoms with van der Waals surface area (Å²) < 4.78 is 5.85. The average Bonchev–Trinajstić information content (AvgIpc) is 3.08. The molecular formula is C19H26N4O3S. The molecule has 1 aromatic heterocycles. The van der Waals surface area contributed by atoms with Gasteiger partial charge in [0.1, 0.15) is 18.5 Å². The van der Waals surface area contributed by atoms with Gasteiger partial charge in [-0.2, -0.15) is 0 Å². The summed E-state index contributed by atoms with van der Waals surface area (Å²) in [5.74, 6) is 0.250. The number of nitrogens with one attached hydrogen (secondary N) is 1. The van der Waals surface area contributed by atoms with E-state index in [9.17, 15) is 9.90 Å². The molecule has 1 aromatic carbocycles. The van der Waals surface area contributed by atoms with Crippen molar-refractivity contribution in [3.05, 3.63) is 35.3 Å². The molecule has 1 aliphatic rings. The molecule has 3 rings (SSSR count). The average molecular weight is 391 g/mol. The summed E-state index contributed by atoms with van der Waals surface area (Å²) in [6.45, 7) is 2.97. The van der Waals surface area contributed by atoms with Crippen molar-refractivity contribution in [3.63, 3.8) is 0 Å². The van der Waals surface area contributed by atoms with Gasteiger partial charge in [0.15, 0.2) is 5.13 Å². The van der Waals surface area contributed by atoms with Gasteiger partial charge in [0.25, 0.3) is 0 Å². The number of aromatic nitrogens is 1. The Balaban J connectivity index is 1.55. The monoisotopic (exact) mass is 390 g/mol. The number of aliphatic hydroxyl groups excluding tert-OH is 1. The van der Waals surface area contributed by atoms with Crippen molar-refractivity contribution in [2.24, 2.45) is 5.73 Å². The molecule has 1 atom stereocenters. The second-order valence-electron chi connectivity index (χ2n) is 6.73. The van der Waals surface area contributed by atoms with Gasteiger partial charge in [-0.3, -0.25) is 4.79 Å². The number of hydrogen-bond donors (Lipinski definition) is 3. The molecule has 8 heteroatoms. The highest BCUT2D eigenvalue weighted by atomic mass is 32.1. The molecule has 1 saturated heterocycles. The van der Waals surface area contributed by atoms with Crippen LogP contribution in [-0.2, 0) is 11.2 Å². The zero-order chi connectivity index (χ0) is 19.1. The highest BCUT2D eigenvalue weighted by molar-refractivity contribution is 7.13. The van der Waals surface area contributed by atoms with Crippen LogP contribution in [0.1, 0.15) is 25.0 Å². The number of thiazole rings is 1. The van der Waals surface area contributed by atoms with E-state index in [4.69, 9.17) is 10.5 Å². The van der Waals surface area contributed by atoms with Crippen LogP contribution in [0.5, 0.6) is 5.75 Å². The van der Waals surface area contributed by atoms with Gasteiger partial charge < -0.3 is 25.8 Å². The third kappa shape index (κ3) is 6.20. The number of carbonyl (C=O) groups is 1. The van der Waals surface area contributed by atoms with E-state index in [0.29, 0.717) is 23.1 Å². The third-order valence-corrected chi connectivity index (χ3v) is 5.19. The number of para-hydroxylation sites is 2. The minimum absolute atomic E-state index is 0.124. The number of nitrogens with zero attached hydrogens (tertiary/aromatic N) is 2. The van der Waals surface area contributed by atoms with E-state index in [1.807, 2.05) is 24.3 Å². The molecule has 2 heterocycles. The largest absolute Gasteiger partial charge is 0.489 e. The highest BCUT2D eigenvalue weighted by Crippen LogP contribution is 2.29. The molecular weight excluding hydrogens is 364 g/mol. The number of β-amino-alcohol motifs (C(OH)–C–C–N with tert-alkyl or cyclic N) is 1. The molecule has 0 radical (unpaired) electrons. The number of nitrogens with two attached hydrogens (primary N) is 1. The van der Waals surface area contributed by atoms with Crippen LogP contribution < -0.4 is 15.8 Å². The number of likely N-dealkylation sites (tertiary alicyclic amines) is 1. The molecule has 1 aliphatic heterocycles. The van der Waals surface area contributed by atoms with E-state index in [-0.39, 0.29) is 13.0 Å². The molecule has 27 heavy (non-hydrogen) atoms. The molecule has 2 aromatic rings. The van der Waals surface area contributed by atoms with Gasteiger partial charge in [0.05, 0.1) is 17.8 Å². The van der Waals surface area contributed by atoms with Gasteiger partial charge in [-0.15, -0.1) is 11.3 Å².